The van der Waals surface area contributed by atoms with Crippen molar-refractivity contribution in [2.45, 2.75) is 32.4 Å². The number of aryl methyl sites for hydroxylation is 1. The summed E-state index contributed by atoms with van der Waals surface area (Å²) in [7, 11) is 4.13. The Hall–Kier alpha value is -0.860. The highest BCUT2D eigenvalue weighted by Crippen LogP contribution is 2.27. The van der Waals surface area contributed by atoms with Crippen LogP contribution in [0.3, 0.4) is 0 Å². The van der Waals surface area contributed by atoms with E-state index in [-0.39, 0.29) is 11.6 Å². The van der Waals surface area contributed by atoms with Gasteiger partial charge in [-0.25, -0.2) is 0 Å². The van der Waals surface area contributed by atoms with E-state index in [0.29, 0.717) is 0 Å². The van der Waals surface area contributed by atoms with Crippen molar-refractivity contribution in [2.24, 2.45) is 5.73 Å². The van der Waals surface area contributed by atoms with E-state index in [9.17, 15) is 0 Å². The Morgan fingerprint density at radius 2 is 1.87 bits per heavy atom. The second kappa shape index (κ2) is 4.33. The first-order valence-electron chi connectivity index (χ1n) is 5.35. The Bertz CT molecular complexity index is 329. The predicted octanol–water partition coefficient (Wildman–Crippen LogP) is 2.34. The zero-order valence-corrected chi connectivity index (χ0v) is 10.4. The average Bonchev–Trinajstić information content (AvgIpc) is 2.16. The van der Waals surface area contributed by atoms with E-state index in [2.05, 4.69) is 64.0 Å². The molecule has 2 N–H and O–H groups in total. The SMILES string of the molecule is Cc1cccc(C(N)C(C)(C)N(C)C)c1. The third-order valence-electron chi connectivity index (χ3n) is 3.31. The maximum atomic E-state index is 6.30. The number of hydrogen-bond acceptors (Lipinski definition) is 2. The van der Waals surface area contributed by atoms with Crippen molar-refractivity contribution in [3.63, 3.8) is 0 Å². The molecule has 0 saturated carbocycles. The molecule has 0 aliphatic rings. The largest absolute Gasteiger partial charge is 0.322 e. The van der Waals surface area contributed by atoms with Crippen LogP contribution in [0.2, 0.25) is 0 Å². The maximum absolute atomic E-state index is 6.30. The molecule has 1 atom stereocenters. The van der Waals surface area contributed by atoms with Crippen LogP contribution in [0.25, 0.3) is 0 Å². The van der Waals surface area contributed by atoms with Gasteiger partial charge in [0.25, 0.3) is 0 Å². The monoisotopic (exact) mass is 206 g/mol. The Balaban J connectivity index is 2.99. The van der Waals surface area contributed by atoms with E-state index >= 15 is 0 Å². The van der Waals surface area contributed by atoms with E-state index < -0.39 is 0 Å². The molecule has 15 heavy (non-hydrogen) atoms. The molecule has 0 heterocycles. The Morgan fingerprint density at radius 3 is 2.33 bits per heavy atom. The van der Waals surface area contributed by atoms with E-state index in [0.717, 1.165) is 0 Å². The summed E-state index contributed by atoms with van der Waals surface area (Å²) in [5.74, 6) is 0. The summed E-state index contributed by atoms with van der Waals surface area (Å²) < 4.78 is 0. The molecule has 0 bridgehead atoms. The van der Waals surface area contributed by atoms with Crippen molar-refractivity contribution in [3.05, 3.63) is 35.4 Å². The van der Waals surface area contributed by atoms with Crippen LogP contribution < -0.4 is 5.73 Å². The Kier molecular flexibility index (Phi) is 3.53. The number of hydrogen-bond donors (Lipinski definition) is 1. The standard InChI is InChI=1S/C13H22N2/c1-10-7-6-8-11(9-10)12(14)13(2,3)15(4)5/h6-9,12H,14H2,1-5H3. The molecule has 0 spiro atoms. The lowest BCUT2D eigenvalue weighted by Crippen LogP contribution is -2.47. The second-order valence-electron chi connectivity index (χ2n) is 4.94. The van der Waals surface area contributed by atoms with Crippen LogP contribution in [-0.2, 0) is 0 Å². The summed E-state index contributed by atoms with van der Waals surface area (Å²) in [4.78, 5) is 2.17. The highest BCUT2D eigenvalue weighted by molar-refractivity contribution is 5.27. The minimum atomic E-state index is -0.0339. The lowest BCUT2D eigenvalue weighted by atomic mass is 9.88. The van der Waals surface area contributed by atoms with Crippen molar-refractivity contribution in [1.82, 2.24) is 4.90 Å². The molecule has 2 heteroatoms. The fourth-order valence-corrected chi connectivity index (χ4v) is 1.55. The van der Waals surface area contributed by atoms with Crippen molar-refractivity contribution in [3.8, 4) is 0 Å². The fourth-order valence-electron chi connectivity index (χ4n) is 1.55. The van der Waals surface area contributed by atoms with E-state index in [1.165, 1.54) is 11.1 Å². The van der Waals surface area contributed by atoms with E-state index in [4.69, 9.17) is 5.73 Å². The van der Waals surface area contributed by atoms with Gasteiger partial charge in [-0.1, -0.05) is 29.8 Å². The molecular formula is C13H22N2. The van der Waals surface area contributed by atoms with Crippen molar-refractivity contribution >= 4 is 0 Å². The van der Waals surface area contributed by atoms with Crippen LogP contribution in [0, 0.1) is 6.92 Å². The summed E-state index contributed by atoms with van der Waals surface area (Å²) in [5.41, 5.74) is 8.73. The molecule has 0 radical (unpaired) electrons. The predicted molar refractivity (Wildman–Crippen MR) is 65.9 cm³/mol. The van der Waals surface area contributed by atoms with Gasteiger partial charge in [0.15, 0.2) is 0 Å². The second-order valence-corrected chi connectivity index (χ2v) is 4.94. The highest BCUT2D eigenvalue weighted by Gasteiger charge is 2.29. The van der Waals surface area contributed by atoms with Crippen LogP contribution in [0.15, 0.2) is 24.3 Å². The Labute approximate surface area is 93.1 Å². The molecule has 0 fully saturated rings. The Morgan fingerprint density at radius 1 is 1.27 bits per heavy atom. The maximum Gasteiger partial charge on any atom is 0.0476 e. The molecule has 1 unspecified atom stereocenters. The van der Waals surface area contributed by atoms with Gasteiger partial charge in [-0.2, -0.15) is 0 Å². The molecule has 0 amide bonds. The normalized spacial score (nSPS) is 14.3. The minimum absolute atomic E-state index is 0.0339. The molecule has 1 aromatic carbocycles. The summed E-state index contributed by atoms with van der Waals surface area (Å²) in [5, 5.41) is 0. The van der Waals surface area contributed by atoms with Gasteiger partial charge in [-0.15, -0.1) is 0 Å². The molecule has 0 saturated heterocycles. The van der Waals surface area contributed by atoms with Gasteiger partial charge in [0.05, 0.1) is 0 Å². The molecule has 0 aliphatic heterocycles. The lowest BCUT2D eigenvalue weighted by molar-refractivity contribution is 0.159. The average molecular weight is 206 g/mol. The summed E-state index contributed by atoms with van der Waals surface area (Å²) in [6.45, 7) is 6.43. The molecule has 1 aromatic rings. The molecule has 2 nitrogen and oxygen atoms in total. The van der Waals surface area contributed by atoms with Crippen molar-refractivity contribution < 1.29 is 0 Å². The molecule has 1 rings (SSSR count). The van der Waals surface area contributed by atoms with Gasteiger partial charge < -0.3 is 10.6 Å². The first kappa shape index (κ1) is 12.2. The van der Waals surface area contributed by atoms with Crippen LogP contribution in [0.4, 0.5) is 0 Å². The molecular weight excluding hydrogens is 184 g/mol. The highest BCUT2D eigenvalue weighted by atomic mass is 15.2. The van der Waals surface area contributed by atoms with Crippen LogP contribution in [-0.4, -0.2) is 24.5 Å². The lowest BCUT2D eigenvalue weighted by Gasteiger charge is -2.38. The number of likely N-dealkylation sites (N-methyl/N-ethyl adjacent to an activating group) is 1. The first-order chi connectivity index (χ1) is 6.85. The van der Waals surface area contributed by atoms with Crippen molar-refractivity contribution in [1.29, 1.82) is 0 Å². The summed E-state index contributed by atoms with van der Waals surface area (Å²) in [6.07, 6.45) is 0. The topological polar surface area (TPSA) is 29.3 Å². The fraction of sp³-hybridized carbons (Fsp3) is 0.538. The summed E-state index contributed by atoms with van der Waals surface area (Å²) >= 11 is 0. The van der Waals surface area contributed by atoms with Crippen LogP contribution in [0.5, 0.6) is 0 Å². The van der Waals surface area contributed by atoms with Gasteiger partial charge in [-0.3, -0.25) is 0 Å². The van der Waals surface area contributed by atoms with Gasteiger partial charge in [0.1, 0.15) is 0 Å². The van der Waals surface area contributed by atoms with E-state index in [1.807, 2.05) is 0 Å². The smallest absolute Gasteiger partial charge is 0.0476 e. The zero-order chi connectivity index (χ0) is 11.6. The van der Waals surface area contributed by atoms with Gasteiger partial charge in [0.2, 0.25) is 0 Å². The summed E-state index contributed by atoms with van der Waals surface area (Å²) in [6, 6.07) is 8.46. The number of benzene rings is 1. The van der Waals surface area contributed by atoms with Gasteiger partial charge in [0, 0.05) is 11.6 Å². The van der Waals surface area contributed by atoms with Crippen molar-refractivity contribution in [2.75, 3.05) is 14.1 Å². The van der Waals surface area contributed by atoms with Gasteiger partial charge in [-0.05, 0) is 40.4 Å². The van der Waals surface area contributed by atoms with Crippen LogP contribution in [0.1, 0.15) is 31.0 Å². The number of rotatable bonds is 3. The van der Waals surface area contributed by atoms with Gasteiger partial charge >= 0.3 is 0 Å². The molecule has 0 aliphatic carbocycles. The molecule has 84 valence electrons. The third-order valence-corrected chi connectivity index (χ3v) is 3.31. The number of nitrogens with two attached hydrogens (primary N) is 1. The zero-order valence-electron chi connectivity index (χ0n) is 10.4. The van der Waals surface area contributed by atoms with E-state index in [1.54, 1.807) is 0 Å². The third kappa shape index (κ3) is 2.58. The first-order valence-corrected chi connectivity index (χ1v) is 5.35. The molecule has 0 aromatic heterocycles. The number of nitrogens with zero attached hydrogens (tertiary/aromatic N) is 1. The quantitative estimate of drug-likeness (QED) is 0.822. The minimum Gasteiger partial charge on any atom is -0.322 e. The van der Waals surface area contributed by atoms with Crippen LogP contribution >= 0.6 is 0 Å².